The van der Waals surface area contributed by atoms with E-state index in [4.69, 9.17) is 5.73 Å². The lowest BCUT2D eigenvalue weighted by atomic mass is 10.1. The molecule has 132 valence electrons. The molecule has 8 heteroatoms. The smallest absolute Gasteiger partial charge is 0.269 e. The second kappa shape index (κ2) is 8.43. The number of nitrogens with one attached hydrogen (secondary N) is 1. The number of nitrogens with zero attached hydrogens (tertiary/aromatic N) is 4. The molecule has 3 N–H and O–H groups in total. The van der Waals surface area contributed by atoms with E-state index in [1.807, 2.05) is 0 Å². The van der Waals surface area contributed by atoms with Crippen LogP contribution >= 0.6 is 0 Å². The van der Waals surface area contributed by atoms with Gasteiger partial charge >= 0.3 is 0 Å². The highest BCUT2D eigenvalue weighted by Crippen LogP contribution is 2.13. The third-order valence-corrected chi connectivity index (χ3v) is 5.08. The van der Waals surface area contributed by atoms with E-state index in [0.717, 1.165) is 32.5 Å². The Hall–Kier alpha value is -1.67. The second-order valence-corrected chi connectivity index (χ2v) is 7.20. The Kier molecular flexibility index (Phi) is 6.03. The van der Waals surface area contributed by atoms with Gasteiger partial charge in [-0.15, -0.1) is 8.80 Å². The van der Waals surface area contributed by atoms with Gasteiger partial charge in [0.05, 0.1) is 0 Å². The van der Waals surface area contributed by atoms with Crippen LogP contribution in [0.15, 0.2) is 27.3 Å². The van der Waals surface area contributed by atoms with Gasteiger partial charge in [0.25, 0.3) is 11.2 Å². The minimum atomic E-state index is -1.54. The maximum absolute atomic E-state index is 11.1. The van der Waals surface area contributed by atoms with Crippen LogP contribution in [0.4, 0.5) is 0 Å². The van der Waals surface area contributed by atoms with Gasteiger partial charge in [0.2, 0.25) is 0 Å². The van der Waals surface area contributed by atoms with E-state index in [9.17, 15) is 4.21 Å². The fourth-order valence-electron chi connectivity index (χ4n) is 3.12. The molecule has 1 saturated heterocycles. The Balaban J connectivity index is 1.33. The van der Waals surface area contributed by atoms with Gasteiger partial charge in [-0.2, -0.15) is 0 Å². The Labute approximate surface area is 145 Å². The third-order valence-electron chi connectivity index (χ3n) is 4.39. The molecule has 1 unspecified atom stereocenters. The predicted octanol–water partition coefficient (Wildman–Crippen LogP) is 1.19. The van der Waals surface area contributed by atoms with Crippen LogP contribution in [-0.2, 0) is 24.3 Å². The molecule has 2 aliphatic rings. The zero-order valence-corrected chi connectivity index (χ0v) is 14.8. The highest BCUT2D eigenvalue weighted by Gasteiger charge is 2.14. The summed E-state index contributed by atoms with van der Waals surface area (Å²) in [6.07, 6.45) is 10.5. The second-order valence-electron chi connectivity index (χ2n) is 6.38. The van der Waals surface area contributed by atoms with Gasteiger partial charge in [-0.3, -0.25) is 4.90 Å². The Morgan fingerprint density at radius 3 is 2.79 bits per heavy atom. The van der Waals surface area contributed by atoms with Crippen molar-refractivity contribution in [1.82, 2.24) is 14.8 Å². The molecule has 7 nitrogen and oxygen atoms in total. The summed E-state index contributed by atoms with van der Waals surface area (Å²) in [5, 5.41) is 3.09. The number of aryl methyl sites for hydroxylation is 1. The monoisotopic (exact) mass is 350 g/mol. The molecule has 3 rings (SSSR count). The van der Waals surface area contributed by atoms with Crippen molar-refractivity contribution in [3.8, 4) is 0 Å². The van der Waals surface area contributed by atoms with E-state index in [-0.39, 0.29) is 5.84 Å². The van der Waals surface area contributed by atoms with E-state index < -0.39 is 11.2 Å². The minimum absolute atomic E-state index is 0.237. The van der Waals surface area contributed by atoms with Crippen LogP contribution in [0.1, 0.15) is 37.7 Å². The minimum Gasteiger partial charge on any atom is -0.380 e. The lowest BCUT2D eigenvalue weighted by molar-refractivity contribution is 0.221. The van der Waals surface area contributed by atoms with Crippen LogP contribution in [-0.4, -0.2) is 45.0 Å². The molecule has 0 bridgehead atoms. The molecule has 1 fully saturated rings. The van der Waals surface area contributed by atoms with Gasteiger partial charge in [-0.1, -0.05) is 6.42 Å². The molecule has 0 saturated carbocycles. The number of unbranched alkanes of at least 4 members (excludes halogenated alkanes) is 1. The van der Waals surface area contributed by atoms with Crippen molar-refractivity contribution in [2.75, 3.05) is 19.6 Å². The fourth-order valence-corrected chi connectivity index (χ4v) is 3.73. The summed E-state index contributed by atoms with van der Waals surface area (Å²) in [5.41, 5.74) is 7.01. The van der Waals surface area contributed by atoms with Gasteiger partial charge in [0, 0.05) is 32.0 Å². The van der Waals surface area contributed by atoms with Crippen LogP contribution in [0.2, 0.25) is 0 Å². The van der Waals surface area contributed by atoms with E-state index in [2.05, 4.69) is 42.0 Å². The van der Waals surface area contributed by atoms with Crippen molar-refractivity contribution >= 4 is 22.8 Å². The summed E-state index contributed by atoms with van der Waals surface area (Å²) < 4.78 is 20.8. The van der Waals surface area contributed by atoms with Crippen molar-refractivity contribution in [3.05, 3.63) is 24.0 Å². The zero-order valence-electron chi connectivity index (χ0n) is 14.0. The molecule has 0 radical (unpaired) electrons. The molecule has 2 aliphatic heterocycles. The molecule has 3 heterocycles. The molecular weight excluding hydrogens is 324 g/mol. The van der Waals surface area contributed by atoms with Crippen molar-refractivity contribution in [3.63, 3.8) is 0 Å². The molecule has 0 spiro atoms. The van der Waals surface area contributed by atoms with Gasteiger partial charge < -0.3 is 15.6 Å². The summed E-state index contributed by atoms with van der Waals surface area (Å²) >= 11 is -1.54. The largest absolute Gasteiger partial charge is 0.380 e. The predicted molar refractivity (Wildman–Crippen MR) is 98.0 cm³/mol. The number of piperidine rings is 1. The van der Waals surface area contributed by atoms with Crippen molar-refractivity contribution in [1.29, 1.82) is 0 Å². The summed E-state index contributed by atoms with van der Waals surface area (Å²) in [6, 6.07) is 2.23. The molecule has 0 amide bonds. The molecule has 1 atom stereocenters. The lowest BCUT2D eigenvalue weighted by Gasteiger charge is -2.25. The summed E-state index contributed by atoms with van der Waals surface area (Å²) in [6.45, 7) is 5.30. The number of aromatic nitrogens is 1. The average Bonchev–Trinajstić information content (AvgIpc) is 3.14. The molecule has 24 heavy (non-hydrogen) atoms. The number of nitrogens with two attached hydrogens (primary N) is 1. The van der Waals surface area contributed by atoms with Crippen LogP contribution in [0, 0.1) is 0 Å². The first-order chi connectivity index (χ1) is 11.7. The van der Waals surface area contributed by atoms with Crippen LogP contribution in [0.25, 0.3) is 0 Å². The standard InChI is InChI=1S/C16H26N6OS/c17-15-16(20-24(23)19-15)18-7-2-5-10-22-11-6-14(13-22)12-21-8-3-1-4-9-21/h6,11,13H,1-5,7-10,12H2,(H2,17,19)(H,18,20). The van der Waals surface area contributed by atoms with E-state index in [0.29, 0.717) is 5.84 Å². The van der Waals surface area contributed by atoms with Gasteiger partial charge in [-0.05, 0) is 50.4 Å². The molecule has 1 aromatic heterocycles. The maximum atomic E-state index is 11.1. The molecule has 0 aliphatic carbocycles. The SMILES string of the molecule is NC1=NS(=O)N=C1NCCCCn1ccc(CN2CCCCC2)c1. The topological polar surface area (TPSA) is 88.0 Å². The van der Waals surface area contributed by atoms with E-state index in [1.54, 1.807) is 0 Å². The number of amidine groups is 2. The fraction of sp³-hybridized carbons (Fsp3) is 0.625. The number of likely N-dealkylation sites (tertiary alicyclic amines) is 1. The van der Waals surface area contributed by atoms with Crippen molar-refractivity contribution < 1.29 is 4.21 Å². The van der Waals surface area contributed by atoms with Crippen LogP contribution in [0.5, 0.6) is 0 Å². The zero-order chi connectivity index (χ0) is 16.8. The Morgan fingerprint density at radius 2 is 2.04 bits per heavy atom. The normalized spacial score (nSPS) is 21.6. The first kappa shape index (κ1) is 17.2. The summed E-state index contributed by atoms with van der Waals surface area (Å²) in [7, 11) is 0. The first-order valence-corrected chi connectivity index (χ1v) is 9.73. The summed E-state index contributed by atoms with van der Waals surface area (Å²) in [4.78, 5) is 2.55. The molecular formula is C16H26N6OS. The van der Waals surface area contributed by atoms with Crippen molar-refractivity contribution in [2.45, 2.75) is 45.2 Å². The maximum Gasteiger partial charge on any atom is 0.269 e. The average molecular weight is 350 g/mol. The van der Waals surface area contributed by atoms with Crippen LogP contribution < -0.4 is 11.1 Å². The first-order valence-electron chi connectivity index (χ1n) is 8.67. The number of hydrogen-bond donors (Lipinski definition) is 2. The highest BCUT2D eigenvalue weighted by atomic mass is 32.2. The molecule has 1 aromatic rings. The van der Waals surface area contributed by atoms with Gasteiger partial charge in [0.15, 0.2) is 11.7 Å². The highest BCUT2D eigenvalue weighted by molar-refractivity contribution is 7.83. The number of hydrogen-bond acceptors (Lipinski definition) is 4. The Bertz CT molecular complexity index is 632. The van der Waals surface area contributed by atoms with Gasteiger partial charge in [-0.25, -0.2) is 4.21 Å². The molecule has 0 aromatic carbocycles. The number of rotatable bonds is 7. The Morgan fingerprint density at radius 1 is 1.21 bits per heavy atom. The van der Waals surface area contributed by atoms with Crippen LogP contribution in [0.3, 0.4) is 0 Å². The van der Waals surface area contributed by atoms with E-state index >= 15 is 0 Å². The van der Waals surface area contributed by atoms with Gasteiger partial charge in [0.1, 0.15) is 0 Å². The third kappa shape index (κ3) is 4.91. The summed E-state index contributed by atoms with van der Waals surface area (Å²) in [5.74, 6) is 0.694. The lowest BCUT2D eigenvalue weighted by Crippen LogP contribution is -2.35. The quantitative estimate of drug-likeness (QED) is 0.723. The van der Waals surface area contributed by atoms with Crippen molar-refractivity contribution in [2.24, 2.45) is 14.5 Å². The van der Waals surface area contributed by atoms with E-state index in [1.165, 1.54) is 37.9 Å².